The van der Waals surface area contributed by atoms with Gasteiger partial charge in [0, 0.05) is 31.6 Å². The van der Waals surface area contributed by atoms with Gasteiger partial charge in [0.2, 0.25) is 11.7 Å². The van der Waals surface area contributed by atoms with Gasteiger partial charge in [-0.15, -0.1) is 0 Å². The Bertz CT molecular complexity index is 461. The number of phenolic OH excluding ortho intramolecular Hbond substituents is 3. The Morgan fingerprint density at radius 1 is 1.20 bits per heavy atom. The zero-order chi connectivity index (χ0) is 15.1. The third-order valence-corrected chi connectivity index (χ3v) is 2.77. The molecule has 0 spiro atoms. The first kappa shape index (κ1) is 16.1. The number of amides is 1. The van der Waals surface area contributed by atoms with E-state index < -0.39 is 5.75 Å². The molecule has 0 unspecified atom stereocenters. The molecule has 1 aromatic carbocycles. The van der Waals surface area contributed by atoms with Gasteiger partial charge in [-0.2, -0.15) is 0 Å². The second kappa shape index (κ2) is 7.59. The maximum absolute atomic E-state index is 11.5. The number of carbonyl (C=O) groups is 1. The summed E-state index contributed by atoms with van der Waals surface area (Å²) >= 11 is 0. The van der Waals surface area contributed by atoms with Crippen LogP contribution in [-0.2, 0) is 11.3 Å². The molecule has 20 heavy (non-hydrogen) atoms. The molecule has 0 saturated carbocycles. The number of hydrogen-bond donors (Lipinski definition) is 5. The number of nitrogens with one attached hydrogen (secondary N) is 2. The van der Waals surface area contributed by atoms with Crippen LogP contribution in [-0.4, -0.2) is 34.3 Å². The van der Waals surface area contributed by atoms with Crippen LogP contribution in [0.1, 0.15) is 25.8 Å². The first-order valence-electron chi connectivity index (χ1n) is 6.62. The summed E-state index contributed by atoms with van der Waals surface area (Å²) < 4.78 is 0. The lowest BCUT2D eigenvalue weighted by molar-refractivity contribution is -0.121. The van der Waals surface area contributed by atoms with E-state index in [1.165, 1.54) is 12.1 Å². The predicted molar refractivity (Wildman–Crippen MR) is 75.6 cm³/mol. The van der Waals surface area contributed by atoms with E-state index in [2.05, 4.69) is 10.6 Å². The first-order valence-corrected chi connectivity index (χ1v) is 6.62. The molecule has 0 aromatic heterocycles. The van der Waals surface area contributed by atoms with Crippen molar-refractivity contribution in [2.45, 2.75) is 26.8 Å². The van der Waals surface area contributed by atoms with Crippen LogP contribution in [0.2, 0.25) is 0 Å². The average Bonchev–Trinajstić information content (AvgIpc) is 2.40. The van der Waals surface area contributed by atoms with Gasteiger partial charge < -0.3 is 26.0 Å². The van der Waals surface area contributed by atoms with Gasteiger partial charge in [0.15, 0.2) is 11.5 Å². The van der Waals surface area contributed by atoms with Crippen LogP contribution in [0.4, 0.5) is 0 Å². The topological polar surface area (TPSA) is 102 Å². The smallest absolute Gasteiger partial charge is 0.221 e. The molecule has 5 N–H and O–H groups in total. The lowest BCUT2D eigenvalue weighted by atomic mass is 10.1. The van der Waals surface area contributed by atoms with Crippen molar-refractivity contribution < 1.29 is 20.1 Å². The third-order valence-electron chi connectivity index (χ3n) is 2.77. The largest absolute Gasteiger partial charge is 0.504 e. The molecule has 112 valence electrons. The van der Waals surface area contributed by atoms with Gasteiger partial charge in [-0.1, -0.05) is 19.9 Å². The molecule has 0 aliphatic carbocycles. The minimum Gasteiger partial charge on any atom is -0.504 e. The highest BCUT2D eigenvalue weighted by Gasteiger charge is 2.10. The maximum atomic E-state index is 11.5. The molecule has 0 radical (unpaired) electrons. The molecule has 0 atom stereocenters. The van der Waals surface area contributed by atoms with Crippen LogP contribution < -0.4 is 10.6 Å². The standard InChI is InChI=1S/C14H22N2O4/c1-9(2)7-16-12(18)5-6-15-8-10-3-4-11(17)14(20)13(10)19/h3-4,9,15,17,19-20H,5-8H2,1-2H3,(H,16,18). The molecule has 0 saturated heterocycles. The van der Waals surface area contributed by atoms with E-state index in [9.17, 15) is 20.1 Å². The van der Waals surface area contributed by atoms with Crippen LogP contribution in [0.3, 0.4) is 0 Å². The van der Waals surface area contributed by atoms with Crippen LogP contribution in [0.5, 0.6) is 17.2 Å². The highest BCUT2D eigenvalue weighted by Crippen LogP contribution is 2.36. The Hall–Kier alpha value is -1.95. The Kier molecular flexibility index (Phi) is 6.11. The second-order valence-corrected chi connectivity index (χ2v) is 5.07. The lowest BCUT2D eigenvalue weighted by Gasteiger charge is -2.10. The molecular formula is C14H22N2O4. The molecule has 6 nitrogen and oxygen atoms in total. The van der Waals surface area contributed by atoms with E-state index in [-0.39, 0.29) is 17.4 Å². The number of phenols is 3. The Morgan fingerprint density at radius 2 is 1.90 bits per heavy atom. The van der Waals surface area contributed by atoms with Crippen molar-refractivity contribution in [2.75, 3.05) is 13.1 Å². The van der Waals surface area contributed by atoms with Crippen molar-refractivity contribution in [3.05, 3.63) is 17.7 Å². The van der Waals surface area contributed by atoms with E-state index in [1.54, 1.807) is 0 Å². The van der Waals surface area contributed by atoms with Crippen molar-refractivity contribution in [1.82, 2.24) is 10.6 Å². The van der Waals surface area contributed by atoms with E-state index in [0.29, 0.717) is 37.5 Å². The molecule has 0 aliphatic rings. The van der Waals surface area contributed by atoms with Crippen molar-refractivity contribution in [1.29, 1.82) is 0 Å². The minimum atomic E-state index is -0.529. The van der Waals surface area contributed by atoms with Crippen LogP contribution in [0.15, 0.2) is 12.1 Å². The molecule has 0 fully saturated rings. The van der Waals surface area contributed by atoms with Gasteiger partial charge >= 0.3 is 0 Å². The summed E-state index contributed by atoms with van der Waals surface area (Å²) in [7, 11) is 0. The van der Waals surface area contributed by atoms with E-state index in [1.807, 2.05) is 13.8 Å². The Labute approximate surface area is 118 Å². The van der Waals surface area contributed by atoms with Gasteiger partial charge in [-0.05, 0) is 12.0 Å². The zero-order valence-electron chi connectivity index (χ0n) is 11.8. The molecule has 1 aromatic rings. The van der Waals surface area contributed by atoms with E-state index in [0.717, 1.165) is 0 Å². The monoisotopic (exact) mass is 282 g/mol. The minimum absolute atomic E-state index is 0.0241. The van der Waals surface area contributed by atoms with Gasteiger partial charge in [-0.25, -0.2) is 0 Å². The van der Waals surface area contributed by atoms with Crippen LogP contribution in [0.25, 0.3) is 0 Å². The molecule has 0 aliphatic heterocycles. The molecule has 0 heterocycles. The van der Waals surface area contributed by atoms with Crippen molar-refractivity contribution >= 4 is 5.91 Å². The quantitative estimate of drug-likeness (QED) is 0.380. The average molecular weight is 282 g/mol. The van der Waals surface area contributed by atoms with Crippen molar-refractivity contribution in [3.63, 3.8) is 0 Å². The molecule has 6 heteroatoms. The third kappa shape index (κ3) is 4.97. The normalized spacial score (nSPS) is 10.8. The summed E-state index contributed by atoms with van der Waals surface area (Å²) in [6.07, 6.45) is 0.345. The maximum Gasteiger partial charge on any atom is 0.221 e. The highest BCUT2D eigenvalue weighted by molar-refractivity contribution is 5.76. The predicted octanol–water partition coefficient (Wildman–Crippen LogP) is 1.06. The fraction of sp³-hybridized carbons (Fsp3) is 0.500. The second-order valence-electron chi connectivity index (χ2n) is 5.07. The summed E-state index contributed by atoms with van der Waals surface area (Å²) in [5.74, 6) is -0.840. The summed E-state index contributed by atoms with van der Waals surface area (Å²) in [5, 5.41) is 34.0. The molecular weight excluding hydrogens is 260 g/mol. The van der Waals surface area contributed by atoms with E-state index >= 15 is 0 Å². The molecule has 0 bridgehead atoms. The number of rotatable bonds is 7. The Morgan fingerprint density at radius 3 is 2.55 bits per heavy atom. The fourth-order valence-corrected chi connectivity index (χ4v) is 1.58. The van der Waals surface area contributed by atoms with Crippen molar-refractivity contribution in [2.24, 2.45) is 5.92 Å². The summed E-state index contributed by atoms with van der Waals surface area (Å²) in [6.45, 7) is 5.48. The van der Waals surface area contributed by atoms with Crippen molar-refractivity contribution in [3.8, 4) is 17.2 Å². The van der Waals surface area contributed by atoms with Crippen LogP contribution >= 0.6 is 0 Å². The summed E-state index contributed by atoms with van der Waals surface area (Å²) in [4.78, 5) is 11.5. The fourth-order valence-electron chi connectivity index (χ4n) is 1.58. The van der Waals surface area contributed by atoms with Gasteiger partial charge in [0.05, 0.1) is 0 Å². The van der Waals surface area contributed by atoms with Gasteiger partial charge in [0.1, 0.15) is 0 Å². The van der Waals surface area contributed by atoms with E-state index in [4.69, 9.17) is 0 Å². The highest BCUT2D eigenvalue weighted by atomic mass is 16.3. The molecule has 1 rings (SSSR count). The number of benzene rings is 1. The SMILES string of the molecule is CC(C)CNC(=O)CCNCc1ccc(O)c(O)c1O. The Balaban J connectivity index is 2.31. The van der Waals surface area contributed by atoms with Gasteiger partial charge in [0.25, 0.3) is 0 Å². The summed E-state index contributed by atoms with van der Waals surface area (Å²) in [5.41, 5.74) is 0.461. The number of aromatic hydroxyl groups is 3. The van der Waals surface area contributed by atoms with Gasteiger partial charge in [-0.3, -0.25) is 4.79 Å². The number of hydrogen-bond acceptors (Lipinski definition) is 5. The summed E-state index contributed by atoms with van der Waals surface area (Å²) in [6, 6.07) is 2.82. The first-order chi connectivity index (χ1) is 9.41. The zero-order valence-corrected chi connectivity index (χ0v) is 11.8. The van der Waals surface area contributed by atoms with Crippen LogP contribution in [0, 0.1) is 5.92 Å². The number of carbonyl (C=O) groups excluding carboxylic acids is 1. The molecule has 1 amide bonds. The lowest BCUT2D eigenvalue weighted by Crippen LogP contribution is -2.30.